The lowest BCUT2D eigenvalue weighted by Crippen LogP contribution is -2.03. The summed E-state index contributed by atoms with van der Waals surface area (Å²) in [6.45, 7) is 2.37. The molecule has 1 rings (SSSR count). The second-order valence-electron chi connectivity index (χ2n) is 3.18. The highest BCUT2D eigenvalue weighted by molar-refractivity contribution is 5.40. The first kappa shape index (κ1) is 13.5. The monoisotopic (exact) mass is 238 g/mol. The molecular weight excluding hydrogens is 223 g/mol. The van der Waals surface area contributed by atoms with Gasteiger partial charge in [0.05, 0.1) is 6.61 Å². The lowest BCUT2D eigenvalue weighted by Gasteiger charge is -2.06. The summed E-state index contributed by atoms with van der Waals surface area (Å²) in [5.74, 6) is 5.23. The van der Waals surface area contributed by atoms with Gasteiger partial charge in [0.15, 0.2) is 18.4 Å². The normalized spacial score (nSPS) is 9.59. The van der Waals surface area contributed by atoms with Crippen LogP contribution in [-0.2, 0) is 4.74 Å². The quantitative estimate of drug-likeness (QED) is 0.484. The van der Waals surface area contributed by atoms with Crippen molar-refractivity contribution in [1.82, 2.24) is 0 Å². The summed E-state index contributed by atoms with van der Waals surface area (Å²) in [7, 11) is 0. The molecule has 0 unspecified atom stereocenters. The van der Waals surface area contributed by atoms with E-state index in [0.29, 0.717) is 18.6 Å². The largest absolute Gasteiger partial charge is 0.464 e. The summed E-state index contributed by atoms with van der Waals surface area (Å²) in [5.41, 5.74) is 0.645. The van der Waals surface area contributed by atoms with Gasteiger partial charge < -0.3 is 14.6 Å². The first-order chi connectivity index (χ1) is 8.27. The molecule has 0 aromatic heterocycles. The van der Waals surface area contributed by atoms with E-state index in [1.54, 1.807) is 6.07 Å². The van der Waals surface area contributed by atoms with Gasteiger partial charge in [0.2, 0.25) is 0 Å². The number of rotatable bonds is 5. The van der Waals surface area contributed by atoms with Crippen LogP contribution >= 0.6 is 0 Å². The van der Waals surface area contributed by atoms with Crippen molar-refractivity contribution in [2.24, 2.45) is 0 Å². The highest BCUT2D eigenvalue weighted by atomic mass is 19.1. The number of hydrogen-bond donors (Lipinski definition) is 1. The van der Waals surface area contributed by atoms with E-state index < -0.39 is 5.82 Å². The third-order valence-electron chi connectivity index (χ3n) is 1.90. The summed E-state index contributed by atoms with van der Waals surface area (Å²) < 4.78 is 23.4. The van der Waals surface area contributed by atoms with E-state index in [0.717, 1.165) is 0 Å². The summed E-state index contributed by atoms with van der Waals surface area (Å²) in [5, 5.41) is 8.58. The Balaban J connectivity index is 2.69. The van der Waals surface area contributed by atoms with Gasteiger partial charge in [0.25, 0.3) is 0 Å². The van der Waals surface area contributed by atoms with Gasteiger partial charge in [-0.05, 0) is 25.1 Å². The van der Waals surface area contributed by atoms with E-state index in [9.17, 15) is 4.39 Å². The minimum atomic E-state index is -0.447. The average molecular weight is 238 g/mol. The fourth-order valence-corrected chi connectivity index (χ4v) is 1.10. The predicted octanol–water partition coefficient (Wildman–Crippen LogP) is 1.93. The predicted molar refractivity (Wildman–Crippen MR) is 62.1 cm³/mol. The zero-order valence-electron chi connectivity index (χ0n) is 9.70. The minimum Gasteiger partial charge on any atom is -0.464 e. The van der Waals surface area contributed by atoms with Crippen LogP contribution in [0.3, 0.4) is 0 Å². The molecule has 0 heterocycles. The van der Waals surface area contributed by atoms with E-state index >= 15 is 0 Å². The van der Waals surface area contributed by atoms with Crippen LogP contribution in [0.15, 0.2) is 18.2 Å². The first-order valence-corrected chi connectivity index (χ1v) is 5.37. The van der Waals surface area contributed by atoms with Crippen LogP contribution in [0.2, 0.25) is 0 Å². The van der Waals surface area contributed by atoms with Crippen LogP contribution in [0.1, 0.15) is 18.9 Å². The fraction of sp³-hybridized carbons (Fsp3) is 0.385. The molecule has 0 saturated carbocycles. The Hall–Kier alpha value is -1.57. The van der Waals surface area contributed by atoms with Gasteiger partial charge in [-0.3, -0.25) is 0 Å². The highest BCUT2D eigenvalue weighted by Crippen LogP contribution is 2.18. The van der Waals surface area contributed by atoms with Crippen LogP contribution in [0.4, 0.5) is 4.39 Å². The molecule has 3 nitrogen and oxygen atoms in total. The zero-order valence-corrected chi connectivity index (χ0v) is 9.70. The molecule has 1 aromatic rings. The molecule has 17 heavy (non-hydrogen) atoms. The molecule has 0 radical (unpaired) electrons. The second-order valence-corrected chi connectivity index (χ2v) is 3.18. The standard InChI is InChI=1S/C13H15FO3/c1-2-16-10-17-13-9-11(5-3-4-8-15)6-7-12(13)14/h6-7,9,15H,2,4,8,10H2,1H3. The van der Waals surface area contributed by atoms with E-state index in [-0.39, 0.29) is 19.1 Å². The number of aliphatic hydroxyl groups excluding tert-OH is 1. The Morgan fingerprint density at radius 1 is 1.41 bits per heavy atom. The van der Waals surface area contributed by atoms with Crippen molar-refractivity contribution >= 4 is 0 Å². The van der Waals surface area contributed by atoms with Crippen LogP contribution in [-0.4, -0.2) is 25.1 Å². The third kappa shape index (κ3) is 4.85. The minimum absolute atomic E-state index is 0.0148. The van der Waals surface area contributed by atoms with Gasteiger partial charge in [-0.1, -0.05) is 11.8 Å². The summed E-state index contributed by atoms with van der Waals surface area (Å²) in [6.07, 6.45) is 0.395. The van der Waals surface area contributed by atoms with E-state index in [1.165, 1.54) is 12.1 Å². The maximum absolute atomic E-state index is 13.3. The smallest absolute Gasteiger partial charge is 0.189 e. The highest BCUT2D eigenvalue weighted by Gasteiger charge is 2.03. The number of halogens is 1. The maximum atomic E-state index is 13.3. The van der Waals surface area contributed by atoms with Crippen LogP contribution in [0.25, 0.3) is 0 Å². The SMILES string of the molecule is CCOCOc1cc(C#CCCO)ccc1F. The van der Waals surface area contributed by atoms with Gasteiger partial charge in [0.1, 0.15) is 0 Å². The van der Waals surface area contributed by atoms with Crippen molar-refractivity contribution in [2.45, 2.75) is 13.3 Å². The number of hydrogen-bond acceptors (Lipinski definition) is 3. The molecule has 0 aliphatic rings. The van der Waals surface area contributed by atoms with Crippen LogP contribution in [0, 0.1) is 17.7 Å². The summed E-state index contributed by atoms with van der Waals surface area (Å²) >= 11 is 0. The first-order valence-electron chi connectivity index (χ1n) is 5.37. The molecule has 0 spiro atoms. The zero-order chi connectivity index (χ0) is 12.5. The fourth-order valence-electron chi connectivity index (χ4n) is 1.10. The maximum Gasteiger partial charge on any atom is 0.189 e. The molecule has 0 fully saturated rings. The number of benzene rings is 1. The molecule has 0 aliphatic heterocycles. The van der Waals surface area contributed by atoms with Gasteiger partial charge in [0, 0.05) is 18.6 Å². The molecule has 0 aliphatic carbocycles. The molecular formula is C13H15FO3. The van der Waals surface area contributed by atoms with E-state index in [1.807, 2.05) is 6.92 Å². The Kier molecular flexibility index (Phi) is 6.08. The molecule has 92 valence electrons. The van der Waals surface area contributed by atoms with Gasteiger partial charge in [-0.2, -0.15) is 0 Å². The molecule has 0 atom stereocenters. The van der Waals surface area contributed by atoms with Crippen molar-refractivity contribution in [3.05, 3.63) is 29.6 Å². The van der Waals surface area contributed by atoms with Crippen molar-refractivity contribution in [2.75, 3.05) is 20.0 Å². The lowest BCUT2D eigenvalue weighted by molar-refractivity contribution is 0.0201. The third-order valence-corrected chi connectivity index (χ3v) is 1.90. The lowest BCUT2D eigenvalue weighted by atomic mass is 10.2. The van der Waals surface area contributed by atoms with Gasteiger partial charge in [-0.15, -0.1) is 0 Å². The number of ether oxygens (including phenoxy) is 2. The van der Waals surface area contributed by atoms with Gasteiger partial charge >= 0.3 is 0 Å². The van der Waals surface area contributed by atoms with Crippen molar-refractivity contribution in [3.63, 3.8) is 0 Å². The molecule has 1 N–H and O–H groups in total. The molecule has 4 heteroatoms. The Bertz CT molecular complexity index is 407. The second kappa shape index (κ2) is 7.66. The Labute approximate surface area is 100 Å². The topological polar surface area (TPSA) is 38.7 Å². The molecule has 0 saturated heterocycles. The van der Waals surface area contributed by atoms with Crippen LogP contribution in [0.5, 0.6) is 5.75 Å². The van der Waals surface area contributed by atoms with Crippen LogP contribution < -0.4 is 4.74 Å². The molecule has 0 amide bonds. The van der Waals surface area contributed by atoms with E-state index in [4.69, 9.17) is 14.6 Å². The Morgan fingerprint density at radius 2 is 2.24 bits per heavy atom. The average Bonchev–Trinajstić information content (AvgIpc) is 2.33. The Morgan fingerprint density at radius 3 is 2.94 bits per heavy atom. The molecule has 0 bridgehead atoms. The van der Waals surface area contributed by atoms with Crippen molar-refractivity contribution < 1.29 is 19.0 Å². The van der Waals surface area contributed by atoms with Gasteiger partial charge in [-0.25, -0.2) is 4.39 Å². The summed E-state index contributed by atoms with van der Waals surface area (Å²) in [6, 6.07) is 4.37. The van der Waals surface area contributed by atoms with Crippen molar-refractivity contribution in [1.29, 1.82) is 0 Å². The van der Waals surface area contributed by atoms with E-state index in [2.05, 4.69) is 11.8 Å². The van der Waals surface area contributed by atoms with Crippen molar-refractivity contribution in [3.8, 4) is 17.6 Å². The molecule has 1 aromatic carbocycles. The number of aliphatic hydroxyl groups is 1. The summed E-state index contributed by atoms with van der Waals surface area (Å²) in [4.78, 5) is 0.